The van der Waals surface area contributed by atoms with Gasteiger partial charge in [0, 0.05) is 11.2 Å². The minimum Gasteiger partial charge on any atom is -0.480 e. The molecule has 0 spiro atoms. The number of nitrogens with zero attached hydrogens (tertiary/aromatic N) is 1. The third-order valence-electron chi connectivity index (χ3n) is 3.56. The number of carbonyl (C=O) groups excluding carboxylic acids is 1. The molecule has 0 saturated carbocycles. The van der Waals surface area contributed by atoms with E-state index >= 15 is 0 Å². The van der Waals surface area contributed by atoms with E-state index < -0.39 is 12.0 Å². The lowest BCUT2D eigenvalue weighted by Crippen LogP contribution is -2.42. The van der Waals surface area contributed by atoms with Crippen molar-refractivity contribution >= 4 is 34.5 Å². The van der Waals surface area contributed by atoms with E-state index in [0.717, 1.165) is 16.6 Å². The molecule has 1 atom stereocenters. The van der Waals surface area contributed by atoms with Crippen molar-refractivity contribution in [1.29, 1.82) is 0 Å². The van der Waals surface area contributed by atoms with Crippen molar-refractivity contribution in [2.75, 3.05) is 12.0 Å². The van der Waals surface area contributed by atoms with Crippen LogP contribution in [0.1, 0.15) is 12.1 Å². The van der Waals surface area contributed by atoms with Gasteiger partial charge in [-0.15, -0.1) is 0 Å². The summed E-state index contributed by atoms with van der Waals surface area (Å²) >= 11 is 1.56. The minimum atomic E-state index is -0.989. The standard InChI is InChI=1S/C16H20N2O3S/c1-11-9-12-5-3-4-6-14(12)18(11)10-15(19)17-13(16(20)21)7-8-22-2/h3-6,9,13H,7-8,10H2,1-2H3,(H,17,19)(H,20,21). The summed E-state index contributed by atoms with van der Waals surface area (Å²) in [5, 5.41) is 12.9. The van der Waals surface area contributed by atoms with Crippen LogP contribution in [0.25, 0.3) is 10.9 Å². The molecule has 2 aromatic rings. The molecule has 1 aromatic heterocycles. The SMILES string of the molecule is CSCCC(NC(=O)Cn1c(C)cc2ccccc21)C(=O)O. The zero-order valence-electron chi connectivity index (χ0n) is 12.7. The van der Waals surface area contributed by atoms with Crippen LogP contribution in [0.3, 0.4) is 0 Å². The van der Waals surface area contributed by atoms with E-state index in [1.807, 2.05) is 48.1 Å². The average Bonchev–Trinajstić information content (AvgIpc) is 2.79. The van der Waals surface area contributed by atoms with Gasteiger partial charge in [0.15, 0.2) is 0 Å². The summed E-state index contributed by atoms with van der Waals surface area (Å²) in [5.41, 5.74) is 1.96. The number of aromatic nitrogens is 1. The van der Waals surface area contributed by atoms with E-state index in [1.54, 1.807) is 11.8 Å². The van der Waals surface area contributed by atoms with Gasteiger partial charge in [0.2, 0.25) is 5.91 Å². The molecule has 1 aromatic carbocycles. The maximum absolute atomic E-state index is 12.2. The summed E-state index contributed by atoms with van der Waals surface area (Å²) in [6, 6.07) is 9.02. The molecule has 22 heavy (non-hydrogen) atoms. The molecular weight excluding hydrogens is 300 g/mol. The van der Waals surface area contributed by atoms with Crippen molar-refractivity contribution in [1.82, 2.24) is 9.88 Å². The number of nitrogens with one attached hydrogen (secondary N) is 1. The Morgan fingerprint density at radius 1 is 1.36 bits per heavy atom. The summed E-state index contributed by atoms with van der Waals surface area (Å²) in [6.07, 6.45) is 2.34. The molecule has 0 aliphatic carbocycles. The van der Waals surface area contributed by atoms with Crippen LogP contribution in [0.5, 0.6) is 0 Å². The molecule has 1 amide bonds. The third kappa shape index (κ3) is 3.82. The summed E-state index contributed by atoms with van der Waals surface area (Å²) in [5.74, 6) is -0.572. The quantitative estimate of drug-likeness (QED) is 0.821. The number of fused-ring (bicyclic) bond motifs is 1. The fraction of sp³-hybridized carbons (Fsp3) is 0.375. The Hall–Kier alpha value is -1.95. The highest BCUT2D eigenvalue weighted by Gasteiger charge is 2.20. The second kappa shape index (κ2) is 7.35. The molecule has 5 nitrogen and oxygen atoms in total. The van der Waals surface area contributed by atoms with Crippen LogP contribution in [0, 0.1) is 6.92 Å². The highest BCUT2D eigenvalue weighted by Crippen LogP contribution is 2.18. The number of para-hydroxylation sites is 1. The van der Waals surface area contributed by atoms with Gasteiger partial charge in [0.1, 0.15) is 12.6 Å². The van der Waals surface area contributed by atoms with Crippen molar-refractivity contribution < 1.29 is 14.7 Å². The van der Waals surface area contributed by atoms with Gasteiger partial charge in [0.05, 0.1) is 0 Å². The number of thioether (sulfide) groups is 1. The molecule has 1 heterocycles. The largest absolute Gasteiger partial charge is 0.480 e. The van der Waals surface area contributed by atoms with Crippen molar-refractivity contribution in [3.63, 3.8) is 0 Å². The number of hydrogen-bond acceptors (Lipinski definition) is 3. The Balaban J connectivity index is 2.10. The third-order valence-corrected chi connectivity index (χ3v) is 4.21. The Bertz CT molecular complexity index is 681. The molecule has 6 heteroatoms. The zero-order valence-corrected chi connectivity index (χ0v) is 13.5. The number of rotatable bonds is 7. The fourth-order valence-electron chi connectivity index (χ4n) is 2.43. The van der Waals surface area contributed by atoms with Crippen LogP contribution in [-0.4, -0.2) is 39.6 Å². The minimum absolute atomic E-state index is 0.127. The number of amides is 1. The molecule has 0 bridgehead atoms. The summed E-state index contributed by atoms with van der Waals surface area (Å²) in [7, 11) is 0. The van der Waals surface area contributed by atoms with E-state index in [4.69, 9.17) is 0 Å². The Morgan fingerprint density at radius 3 is 2.77 bits per heavy atom. The summed E-state index contributed by atoms with van der Waals surface area (Å²) < 4.78 is 1.90. The molecule has 2 N–H and O–H groups in total. The van der Waals surface area contributed by atoms with E-state index in [1.165, 1.54) is 0 Å². The van der Waals surface area contributed by atoms with Crippen LogP contribution in [0.4, 0.5) is 0 Å². The van der Waals surface area contributed by atoms with Crippen molar-refractivity contribution in [2.24, 2.45) is 0 Å². The summed E-state index contributed by atoms with van der Waals surface area (Å²) in [4.78, 5) is 23.4. The summed E-state index contributed by atoms with van der Waals surface area (Å²) in [6.45, 7) is 2.07. The number of aliphatic carboxylic acids is 1. The normalized spacial score (nSPS) is 12.3. The van der Waals surface area contributed by atoms with Crippen LogP contribution in [0.2, 0.25) is 0 Å². The number of carboxylic acid groups (broad SMARTS) is 1. The smallest absolute Gasteiger partial charge is 0.326 e. The van der Waals surface area contributed by atoms with Gasteiger partial charge in [-0.1, -0.05) is 18.2 Å². The molecule has 118 valence electrons. The lowest BCUT2D eigenvalue weighted by atomic mass is 10.2. The maximum atomic E-state index is 12.2. The van der Waals surface area contributed by atoms with Gasteiger partial charge in [0.25, 0.3) is 0 Å². The van der Waals surface area contributed by atoms with Gasteiger partial charge in [-0.3, -0.25) is 4.79 Å². The van der Waals surface area contributed by atoms with Gasteiger partial charge in [-0.05, 0) is 42.9 Å². The molecule has 0 radical (unpaired) electrons. The molecule has 0 aliphatic rings. The predicted octanol–water partition coefficient (Wildman–Crippen LogP) is 2.27. The number of benzene rings is 1. The van der Waals surface area contributed by atoms with E-state index in [2.05, 4.69) is 5.32 Å². The second-order valence-corrected chi connectivity index (χ2v) is 6.16. The average molecular weight is 320 g/mol. The van der Waals surface area contributed by atoms with Crippen molar-refractivity contribution in [2.45, 2.75) is 25.9 Å². The molecule has 0 aliphatic heterocycles. The predicted molar refractivity (Wildman–Crippen MR) is 89.2 cm³/mol. The van der Waals surface area contributed by atoms with Crippen LogP contribution in [-0.2, 0) is 16.1 Å². The monoisotopic (exact) mass is 320 g/mol. The molecule has 0 saturated heterocycles. The van der Waals surface area contributed by atoms with Gasteiger partial charge < -0.3 is 15.0 Å². The molecule has 2 rings (SSSR count). The van der Waals surface area contributed by atoms with Crippen LogP contribution in [0.15, 0.2) is 30.3 Å². The second-order valence-electron chi connectivity index (χ2n) is 5.17. The highest BCUT2D eigenvalue weighted by atomic mass is 32.2. The van der Waals surface area contributed by atoms with Gasteiger partial charge in [-0.2, -0.15) is 11.8 Å². The van der Waals surface area contributed by atoms with Crippen molar-refractivity contribution in [3.8, 4) is 0 Å². The van der Waals surface area contributed by atoms with Crippen LogP contribution < -0.4 is 5.32 Å². The first-order valence-corrected chi connectivity index (χ1v) is 8.48. The van der Waals surface area contributed by atoms with E-state index in [-0.39, 0.29) is 12.5 Å². The van der Waals surface area contributed by atoms with E-state index in [0.29, 0.717) is 12.2 Å². The Kier molecular flexibility index (Phi) is 5.49. The molecule has 0 fully saturated rings. The first kappa shape index (κ1) is 16.4. The first-order chi connectivity index (χ1) is 10.5. The first-order valence-electron chi connectivity index (χ1n) is 7.09. The van der Waals surface area contributed by atoms with E-state index in [9.17, 15) is 14.7 Å². The molecule has 1 unspecified atom stereocenters. The van der Waals surface area contributed by atoms with Gasteiger partial charge in [-0.25, -0.2) is 4.79 Å². The maximum Gasteiger partial charge on any atom is 0.326 e. The fourth-order valence-corrected chi connectivity index (χ4v) is 2.91. The highest BCUT2D eigenvalue weighted by molar-refractivity contribution is 7.98. The number of carbonyl (C=O) groups is 2. The Labute approximate surface area is 133 Å². The van der Waals surface area contributed by atoms with Crippen LogP contribution >= 0.6 is 11.8 Å². The number of carboxylic acids is 1. The topological polar surface area (TPSA) is 71.3 Å². The number of aryl methyl sites for hydroxylation is 1. The van der Waals surface area contributed by atoms with Gasteiger partial charge >= 0.3 is 5.97 Å². The number of hydrogen-bond donors (Lipinski definition) is 2. The zero-order chi connectivity index (χ0) is 16.1. The molecular formula is C16H20N2O3S. The lowest BCUT2D eigenvalue weighted by molar-refractivity contribution is -0.141. The lowest BCUT2D eigenvalue weighted by Gasteiger charge is -2.15. The Morgan fingerprint density at radius 2 is 2.09 bits per heavy atom. The van der Waals surface area contributed by atoms with Crippen molar-refractivity contribution in [3.05, 3.63) is 36.0 Å².